The van der Waals surface area contributed by atoms with E-state index in [2.05, 4.69) is 5.32 Å². The van der Waals surface area contributed by atoms with Gasteiger partial charge in [0, 0.05) is 18.8 Å². The number of amides is 1. The van der Waals surface area contributed by atoms with Crippen LogP contribution >= 0.6 is 0 Å². The highest BCUT2D eigenvalue weighted by molar-refractivity contribution is 5.98. The maximum atomic E-state index is 12.3. The van der Waals surface area contributed by atoms with Crippen molar-refractivity contribution in [3.8, 4) is 0 Å². The lowest BCUT2D eigenvalue weighted by Gasteiger charge is -2.14. The molecule has 1 aliphatic carbocycles. The van der Waals surface area contributed by atoms with Crippen LogP contribution in [0.2, 0.25) is 0 Å². The lowest BCUT2D eigenvalue weighted by atomic mass is 9.94. The van der Waals surface area contributed by atoms with Gasteiger partial charge in [0.15, 0.2) is 5.78 Å². The highest BCUT2D eigenvalue weighted by atomic mass is 16.3. The molecule has 1 amide bonds. The molecule has 0 spiro atoms. The molecule has 1 aliphatic rings. The summed E-state index contributed by atoms with van der Waals surface area (Å²) in [4.78, 5) is 24.1. The molecule has 0 unspecified atom stereocenters. The molecule has 1 saturated carbocycles. The second-order valence-electron chi connectivity index (χ2n) is 8.60. The average molecular weight is 460 g/mol. The number of aliphatic hydroxyl groups excluding tert-OH is 4. The number of ketones is 1. The number of aryl methyl sites for hydroxylation is 1. The Morgan fingerprint density at radius 3 is 2.58 bits per heavy atom. The molecule has 0 heterocycles. The van der Waals surface area contributed by atoms with Gasteiger partial charge < -0.3 is 25.7 Å². The van der Waals surface area contributed by atoms with Crippen LogP contribution in [0.5, 0.6) is 0 Å². The highest BCUT2D eigenvalue weighted by Crippen LogP contribution is 2.32. The van der Waals surface area contributed by atoms with Gasteiger partial charge in [0.1, 0.15) is 0 Å². The number of allylic oxidation sites excluding steroid dienone is 2. The fourth-order valence-corrected chi connectivity index (χ4v) is 3.96. The third-order valence-electron chi connectivity index (χ3n) is 5.94. The van der Waals surface area contributed by atoms with Gasteiger partial charge in [0.2, 0.25) is 5.91 Å². The number of carbonyl (C=O) groups is 2. The summed E-state index contributed by atoms with van der Waals surface area (Å²) < 4.78 is 0. The van der Waals surface area contributed by atoms with Crippen LogP contribution in [-0.4, -0.2) is 63.6 Å². The zero-order valence-corrected chi connectivity index (χ0v) is 19.1. The summed E-state index contributed by atoms with van der Waals surface area (Å²) in [5.41, 5.74) is 1.77. The first-order valence-corrected chi connectivity index (χ1v) is 11.7. The number of hydrogen-bond donors (Lipinski definition) is 5. The molecular formula is C26H37NO6. The molecule has 1 fully saturated rings. The largest absolute Gasteiger partial charge is 0.394 e. The van der Waals surface area contributed by atoms with Gasteiger partial charge in [-0.25, -0.2) is 0 Å². The Hall–Kier alpha value is -2.32. The van der Waals surface area contributed by atoms with Crippen molar-refractivity contribution >= 4 is 11.7 Å². The predicted molar refractivity (Wildman–Crippen MR) is 126 cm³/mol. The van der Waals surface area contributed by atoms with E-state index in [0.29, 0.717) is 37.7 Å². The number of benzene rings is 1. The van der Waals surface area contributed by atoms with Crippen molar-refractivity contribution in [2.45, 2.75) is 69.6 Å². The molecule has 33 heavy (non-hydrogen) atoms. The first-order chi connectivity index (χ1) is 15.9. The molecule has 0 aliphatic heterocycles. The second kappa shape index (κ2) is 14.8. The smallest absolute Gasteiger partial charge is 0.220 e. The van der Waals surface area contributed by atoms with Crippen LogP contribution in [0.4, 0.5) is 0 Å². The molecule has 0 bridgehead atoms. The Morgan fingerprint density at radius 1 is 1.15 bits per heavy atom. The van der Waals surface area contributed by atoms with Gasteiger partial charge in [0.25, 0.3) is 0 Å². The van der Waals surface area contributed by atoms with Crippen molar-refractivity contribution in [3.05, 3.63) is 59.7 Å². The minimum atomic E-state index is -0.713. The maximum absolute atomic E-state index is 12.3. The van der Waals surface area contributed by atoms with Crippen LogP contribution in [-0.2, 0) is 16.0 Å². The number of Topliss-reactive ketones (excluding diaryl/α,β-unsaturated/α-hetero) is 1. The van der Waals surface area contributed by atoms with E-state index in [1.54, 1.807) is 6.08 Å². The average Bonchev–Trinajstić information content (AvgIpc) is 3.09. The maximum Gasteiger partial charge on any atom is 0.220 e. The van der Waals surface area contributed by atoms with Gasteiger partial charge >= 0.3 is 0 Å². The Morgan fingerprint density at radius 2 is 1.88 bits per heavy atom. The zero-order chi connectivity index (χ0) is 24.1. The lowest BCUT2D eigenvalue weighted by Crippen LogP contribution is -2.39. The van der Waals surface area contributed by atoms with Crippen LogP contribution in [0, 0.1) is 5.92 Å². The summed E-state index contributed by atoms with van der Waals surface area (Å²) in [5, 5.41) is 41.1. The molecule has 182 valence electrons. The minimum Gasteiger partial charge on any atom is -0.394 e. The van der Waals surface area contributed by atoms with E-state index in [1.807, 2.05) is 42.5 Å². The summed E-state index contributed by atoms with van der Waals surface area (Å²) >= 11 is 0. The first-order valence-electron chi connectivity index (χ1n) is 11.7. The number of hydrogen-bond acceptors (Lipinski definition) is 6. The third kappa shape index (κ3) is 9.60. The third-order valence-corrected chi connectivity index (χ3v) is 5.94. The molecule has 7 heteroatoms. The lowest BCUT2D eigenvalue weighted by molar-refractivity contribution is -0.122. The number of aliphatic hydroxyl groups is 4. The van der Waals surface area contributed by atoms with Crippen molar-refractivity contribution in [1.82, 2.24) is 5.32 Å². The van der Waals surface area contributed by atoms with Crippen molar-refractivity contribution in [2.75, 3.05) is 13.2 Å². The van der Waals surface area contributed by atoms with Crippen molar-refractivity contribution in [2.24, 2.45) is 5.92 Å². The molecule has 7 nitrogen and oxygen atoms in total. The van der Waals surface area contributed by atoms with Gasteiger partial charge in [-0.2, -0.15) is 0 Å². The molecule has 3 atom stereocenters. The van der Waals surface area contributed by atoms with Gasteiger partial charge in [-0.05, 0) is 49.7 Å². The van der Waals surface area contributed by atoms with Crippen molar-refractivity contribution in [1.29, 1.82) is 0 Å². The first kappa shape index (κ1) is 26.9. The highest BCUT2D eigenvalue weighted by Gasteiger charge is 2.35. The quantitative estimate of drug-likeness (QED) is 0.164. The Labute approximate surface area is 195 Å². The number of nitrogens with one attached hydrogen (secondary N) is 1. The standard InChI is InChI=1S/C26H37NO6/c28-17-20(18-29)27-26(33)11-7-2-1-6-10-22-23(25(32)16-24(22)31)15-14-21(30)13-12-19-8-4-3-5-9-19/h1,3-6,8-9,15,20-22,24,28-31H,2,7,10-14,16-18H2,(H,27,33)/b6-1-,23-15?/t21-,22+,24-/m0/s1. The molecule has 0 radical (unpaired) electrons. The SMILES string of the molecule is O=C(CCC/C=C\C[C@@H]1C(=CC[C@@H](O)CCc2ccccc2)C(=O)C[C@@H]1O)NC(CO)CO. The summed E-state index contributed by atoms with van der Waals surface area (Å²) in [7, 11) is 0. The fraction of sp³-hybridized carbons (Fsp3) is 0.538. The summed E-state index contributed by atoms with van der Waals surface area (Å²) in [6.07, 6.45) is 8.39. The monoisotopic (exact) mass is 459 g/mol. The van der Waals surface area contributed by atoms with Crippen LogP contribution in [0.15, 0.2) is 54.1 Å². The van der Waals surface area contributed by atoms with Crippen LogP contribution < -0.4 is 5.32 Å². The molecule has 0 aromatic heterocycles. The van der Waals surface area contributed by atoms with E-state index in [-0.39, 0.29) is 43.7 Å². The van der Waals surface area contributed by atoms with E-state index in [4.69, 9.17) is 10.2 Å². The van der Waals surface area contributed by atoms with Crippen molar-refractivity contribution < 1.29 is 30.0 Å². The van der Waals surface area contributed by atoms with Crippen molar-refractivity contribution in [3.63, 3.8) is 0 Å². The molecular weight excluding hydrogens is 422 g/mol. The van der Waals surface area contributed by atoms with E-state index >= 15 is 0 Å². The second-order valence-corrected chi connectivity index (χ2v) is 8.60. The molecule has 2 rings (SSSR count). The topological polar surface area (TPSA) is 127 Å². The zero-order valence-electron chi connectivity index (χ0n) is 19.1. The molecule has 5 N–H and O–H groups in total. The van der Waals surface area contributed by atoms with E-state index in [0.717, 1.165) is 6.42 Å². The fourth-order valence-electron chi connectivity index (χ4n) is 3.96. The number of unbranched alkanes of at least 4 members (excludes halogenated alkanes) is 1. The van der Waals surface area contributed by atoms with Gasteiger partial charge in [-0.1, -0.05) is 48.6 Å². The van der Waals surface area contributed by atoms with Crippen LogP contribution in [0.25, 0.3) is 0 Å². The van der Waals surface area contributed by atoms with Crippen LogP contribution in [0.3, 0.4) is 0 Å². The van der Waals surface area contributed by atoms with Crippen LogP contribution in [0.1, 0.15) is 50.5 Å². The Bertz CT molecular complexity index is 787. The summed E-state index contributed by atoms with van der Waals surface area (Å²) in [6.45, 7) is -0.602. The summed E-state index contributed by atoms with van der Waals surface area (Å²) in [6, 6.07) is 9.32. The molecule has 0 saturated heterocycles. The van der Waals surface area contributed by atoms with E-state index < -0.39 is 18.2 Å². The Balaban J connectivity index is 1.75. The normalized spacial score (nSPS) is 20.8. The van der Waals surface area contributed by atoms with Gasteiger partial charge in [0.05, 0.1) is 31.5 Å². The van der Waals surface area contributed by atoms with Gasteiger partial charge in [-0.3, -0.25) is 9.59 Å². The van der Waals surface area contributed by atoms with E-state index in [1.165, 1.54) is 5.56 Å². The molecule has 1 aromatic rings. The number of rotatable bonds is 14. The predicted octanol–water partition coefficient (Wildman–Crippen LogP) is 1.83. The Kier molecular flexibility index (Phi) is 12.0. The summed E-state index contributed by atoms with van der Waals surface area (Å²) in [5.74, 6) is -0.548. The minimum absolute atomic E-state index is 0.0600. The van der Waals surface area contributed by atoms with E-state index in [9.17, 15) is 19.8 Å². The van der Waals surface area contributed by atoms with Gasteiger partial charge in [-0.15, -0.1) is 0 Å². The number of carbonyl (C=O) groups excluding carboxylic acids is 2. The molecule has 1 aromatic carbocycles.